The molecule has 0 saturated carbocycles. The highest BCUT2D eigenvalue weighted by atomic mass is 16.5. The number of carbonyl (C=O) groups is 1. The zero-order valence-electron chi connectivity index (χ0n) is 14.6. The summed E-state index contributed by atoms with van der Waals surface area (Å²) in [6.07, 6.45) is 1.62. The quantitative estimate of drug-likeness (QED) is 0.667. The van der Waals surface area contributed by atoms with Crippen molar-refractivity contribution >= 4 is 17.3 Å². The minimum atomic E-state index is -0.277. The molecule has 5 nitrogen and oxygen atoms in total. The van der Waals surface area contributed by atoms with E-state index in [0.717, 1.165) is 5.69 Å². The number of ether oxygens (including phenoxy) is 1. The fourth-order valence-electron chi connectivity index (χ4n) is 2.50. The molecule has 2 N–H and O–H groups in total. The predicted octanol–water partition coefficient (Wildman–Crippen LogP) is 4.34. The van der Waals surface area contributed by atoms with E-state index in [1.165, 1.54) is 5.56 Å². The average molecular weight is 347 g/mol. The topological polar surface area (TPSA) is 63.2 Å². The molecule has 1 aromatic heterocycles. The number of pyridine rings is 1. The second-order valence-corrected chi connectivity index (χ2v) is 5.65. The number of benzene rings is 2. The molecule has 0 aliphatic rings. The smallest absolute Gasteiger partial charge is 0.274 e. The zero-order chi connectivity index (χ0) is 18.2. The van der Waals surface area contributed by atoms with E-state index in [-0.39, 0.29) is 5.91 Å². The lowest BCUT2D eigenvalue weighted by Crippen LogP contribution is -2.15. The van der Waals surface area contributed by atoms with Crippen LogP contribution in [0.4, 0.5) is 11.4 Å². The van der Waals surface area contributed by atoms with Crippen molar-refractivity contribution < 1.29 is 9.53 Å². The Balaban J connectivity index is 1.68. The Morgan fingerprint density at radius 1 is 1.04 bits per heavy atom. The third-order valence-electron chi connectivity index (χ3n) is 3.77. The molecule has 26 heavy (non-hydrogen) atoms. The largest absolute Gasteiger partial charge is 0.492 e. The van der Waals surface area contributed by atoms with E-state index in [4.69, 9.17) is 4.74 Å². The molecular formula is C21H21N3O2. The minimum Gasteiger partial charge on any atom is -0.492 e. The molecule has 1 amide bonds. The van der Waals surface area contributed by atoms with Gasteiger partial charge in [0.2, 0.25) is 0 Å². The molecule has 0 fully saturated rings. The highest BCUT2D eigenvalue weighted by molar-refractivity contribution is 6.04. The zero-order valence-corrected chi connectivity index (χ0v) is 14.6. The van der Waals surface area contributed by atoms with Crippen molar-refractivity contribution in [2.24, 2.45) is 0 Å². The third kappa shape index (κ3) is 4.60. The summed E-state index contributed by atoms with van der Waals surface area (Å²) in [6, 6.07) is 21.0. The van der Waals surface area contributed by atoms with Gasteiger partial charge in [0, 0.05) is 18.4 Å². The van der Waals surface area contributed by atoms with Gasteiger partial charge in [0.1, 0.15) is 11.4 Å². The molecule has 0 bridgehead atoms. The van der Waals surface area contributed by atoms with E-state index >= 15 is 0 Å². The van der Waals surface area contributed by atoms with Crippen LogP contribution in [0.2, 0.25) is 0 Å². The fourth-order valence-corrected chi connectivity index (χ4v) is 2.50. The lowest BCUT2D eigenvalue weighted by molar-refractivity contribution is 0.102. The van der Waals surface area contributed by atoms with Gasteiger partial charge in [-0.3, -0.25) is 9.78 Å². The Bertz CT molecular complexity index is 866. The van der Waals surface area contributed by atoms with E-state index in [1.54, 1.807) is 18.3 Å². The van der Waals surface area contributed by atoms with Crippen LogP contribution >= 0.6 is 0 Å². The van der Waals surface area contributed by atoms with Gasteiger partial charge < -0.3 is 15.4 Å². The Morgan fingerprint density at radius 2 is 1.81 bits per heavy atom. The molecule has 0 unspecified atom stereocenters. The van der Waals surface area contributed by atoms with Crippen LogP contribution in [-0.4, -0.2) is 17.5 Å². The number of aromatic nitrogens is 1. The first-order valence-corrected chi connectivity index (χ1v) is 8.53. The normalized spacial score (nSPS) is 10.2. The van der Waals surface area contributed by atoms with Gasteiger partial charge in [-0.25, -0.2) is 0 Å². The molecule has 3 aromatic rings. The molecule has 0 aliphatic carbocycles. The van der Waals surface area contributed by atoms with E-state index in [0.29, 0.717) is 30.3 Å². The Labute approximate surface area is 153 Å². The van der Waals surface area contributed by atoms with Crippen molar-refractivity contribution in [1.29, 1.82) is 0 Å². The van der Waals surface area contributed by atoms with E-state index in [1.807, 2.05) is 61.5 Å². The van der Waals surface area contributed by atoms with Crippen molar-refractivity contribution in [2.75, 3.05) is 17.2 Å². The summed E-state index contributed by atoms with van der Waals surface area (Å²) in [5, 5.41) is 6.17. The fraction of sp³-hybridized carbons (Fsp3) is 0.143. The summed E-state index contributed by atoms with van der Waals surface area (Å²) in [5.74, 6) is 0.363. The van der Waals surface area contributed by atoms with Gasteiger partial charge >= 0.3 is 0 Å². The first-order chi connectivity index (χ1) is 12.8. The van der Waals surface area contributed by atoms with Crippen molar-refractivity contribution in [2.45, 2.75) is 13.5 Å². The SMILES string of the molecule is CCOc1ccccc1NC(=O)c1cc(NCc2ccccc2)ccn1. The van der Waals surface area contributed by atoms with Crippen LogP contribution in [0.1, 0.15) is 23.0 Å². The summed E-state index contributed by atoms with van der Waals surface area (Å²) in [6.45, 7) is 3.12. The van der Waals surface area contributed by atoms with Crippen molar-refractivity contribution in [1.82, 2.24) is 4.98 Å². The minimum absolute atomic E-state index is 0.277. The van der Waals surface area contributed by atoms with Crippen LogP contribution in [-0.2, 0) is 6.54 Å². The van der Waals surface area contributed by atoms with Crippen LogP contribution < -0.4 is 15.4 Å². The van der Waals surface area contributed by atoms with Crippen LogP contribution in [0.3, 0.4) is 0 Å². The van der Waals surface area contributed by atoms with Crippen molar-refractivity contribution in [3.05, 3.63) is 84.2 Å². The number of nitrogens with zero attached hydrogens (tertiary/aromatic N) is 1. The molecule has 0 spiro atoms. The second kappa shape index (κ2) is 8.67. The maximum Gasteiger partial charge on any atom is 0.274 e. The first kappa shape index (κ1) is 17.5. The van der Waals surface area contributed by atoms with Gasteiger partial charge in [0.05, 0.1) is 12.3 Å². The summed E-state index contributed by atoms with van der Waals surface area (Å²) < 4.78 is 5.54. The number of hydrogen-bond acceptors (Lipinski definition) is 4. The molecule has 0 saturated heterocycles. The number of rotatable bonds is 7. The summed E-state index contributed by atoms with van der Waals surface area (Å²) in [5.41, 5.74) is 2.98. The Kier molecular flexibility index (Phi) is 5.83. The second-order valence-electron chi connectivity index (χ2n) is 5.65. The standard InChI is InChI=1S/C21H21N3O2/c1-2-26-20-11-7-6-10-18(20)24-21(25)19-14-17(12-13-22-19)23-15-16-8-4-3-5-9-16/h3-14H,2,15H2,1H3,(H,22,23)(H,24,25). The summed E-state index contributed by atoms with van der Waals surface area (Å²) in [4.78, 5) is 16.7. The average Bonchev–Trinajstić information content (AvgIpc) is 2.69. The molecule has 0 atom stereocenters. The molecular weight excluding hydrogens is 326 g/mol. The molecule has 5 heteroatoms. The van der Waals surface area contributed by atoms with Crippen LogP contribution in [0.5, 0.6) is 5.75 Å². The van der Waals surface area contributed by atoms with E-state index in [9.17, 15) is 4.79 Å². The van der Waals surface area contributed by atoms with Crippen LogP contribution in [0.15, 0.2) is 72.9 Å². The predicted molar refractivity (Wildman–Crippen MR) is 104 cm³/mol. The van der Waals surface area contributed by atoms with Crippen molar-refractivity contribution in [3.8, 4) is 5.75 Å². The van der Waals surface area contributed by atoms with Gasteiger partial charge in [-0.2, -0.15) is 0 Å². The monoisotopic (exact) mass is 347 g/mol. The van der Waals surface area contributed by atoms with Gasteiger partial charge in [-0.15, -0.1) is 0 Å². The summed E-state index contributed by atoms with van der Waals surface area (Å²) >= 11 is 0. The molecule has 1 heterocycles. The summed E-state index contributed by atoms with van der Waals surface area (Å²) in [7, 11) is 0. The molecule has 0 aliphatic heterocycles. The number of hydrogen-bond donors (Lipinski definition) is 2. The van der Waals surface area contributed by atoms with Gasteiger partial charge in [-0.1, -0.05) is 42.5 Å². The lowest BCUT2D eigenvalue weighted by Gasteiger charge is -2.12. The number of anilines is 2. The van der Waals surface area contributed by atoms with Gasteiger partial charge in [0.15, 0.2) is 0 Å². The van der Waals surface area contributed by atoms with Crippen molar-refractivity contribution in [3.63, 3.8) is 0 Å². The highest BCUT2D eigenvalue weighted by Crippen LogP contribution is 2.24. The van der Waals surface area contributed by atoms with E-state index in [2.05, 4.69) is 15.6 Å². The number of nitrogens with one attached hydrogen (secondary N) is 2. The van der Waals surface area contributed by atoms with Gasteiger partial charge in [-0.05, 0) is 36.8 Å². The Hall–Kier alpha value is -3.34. The first-order valence-electron chi connectivity index (χ1n) is 8.53. The molecule has 3 rings (SSSR count). The van der Waals surface area contributed by atoms with Gasteiger partial charge in [0.25, 0.3) is 5.91 Å². The number of para-hydroxylation sites is 2. The van der Waals surface area contributed by atoms with Crippen LogP contribution in [0.25, 0.3) is 0 Å². The maximum absolute atomic E-state index is 12.5. The molecule has 2 aromatic carbocycles. The highest BCUT2D eigenvalue weighted by Gasteiger charge is 2.11. The Morgan fingerprint density at radius 3 is 2.62 bits per heavy atom. The van der Waals surface area contributed by atoms with E-state index < -0.39 is 0 Å². The van der Waals surface area contributed by atoms with Crippen LogP contribution in [0, 0.1) is 0 Å². The number of carbonyl (C=O) groups excluding carboxylic acids is 1. The molecule has 132 valence electrons. The molecule has 0 radical (unpaired) electrons. The maximum atomic E-state index is 12.5. The lowest BCUT2D eigenvalue weighted by atomic mass is 10.2. The number of amides is 1. The third-order valence-corrected chi connectivity index (χ3v) is 3.77.